The Bertz CT molecular complexity index is 404. The second kappa shape index (κ2) is 6.71. The van der Waals surface area contributed by atoms with Crippen molar-refractivity contribution < 1.29 is 4.79 Å². The van der Waals surface area contributed by atoms with E-state index in [9.17, 15) is 4.79 Å². The molecule has 0 aliphatic heterocycles. The lowest BCUT2D eigenvalue weighted by atomic mass is 9.85. The van der Waals surface area contributed by atoms with Crippen LogP contribution in [0, 0.1) is 5.92 Å². The first kappa shape index (κ1) is 14.1. The molecule has 3 nitrogen and oxygen atoms in total. The number of amides is 1. The number of carbonyl (C=O) groups is 1. The number of hydrogen-bond donors (Lipinski definition) is 1. The quantitative estimate of drug-likeness (QED) is 0.902. The molecular weight excluding hydrogens is 236 g/mol. The number of benzene rings is 1. The summed E-state index contributed by atoms with van der Waals surface area (Å²) in [5, 5.41) is 0. The maximum atomic E-state index is 12.3. The van der Waals surface area contributed by atoms with Gasteiger partial charge < -0.3 is 10.6 Å². The highest BCUT2D eigenvalue weighted by Crippen LogP contribution is 2.24. The molecule has 3 heteroatoms. The number of nitrogens with two attached hydrogens (primary N) is 1. The average molecular weight is 260 g/mol. The Balaban J connectivity index is 1.82. The number of carbonyl (C=O) groups excluding carboxylic acids is 1. The molecule has 2 rings (SSSR count). The Labute approximate surface area is 115 Å². The van der Waals surface area contributed by atoms with E-state index < -0.39 is 0 Å². The molecule has 1 aromatic carbocycles. The third kappa shape index (κ3) is 4.06. The van der Waals surface area contributed by atoms with Crippen LogP contribution in [0.25, 0.3) is 0 Å². The standard InChI is InChI=1S/C16H24N2O/c1-18(11-10-13-6-3-2-4-7-13)16(19)14-8-5-9-15(17)12-14/h2-4,6-7,14-15H,5,8-12,17H2,1H3. The Hall–Kier alpha value is -1.35. The predicted octanol–water partition coefficient (Wildman–Crippen LogP) is 2.21. The van der Waals surface area contributed by atoms with E-state index in [2.05, 4.69) is 12.1 Å². The average Bonchev–Trinajstić information content (AvgIpc) is 2.45. The highest BCUT2D eigenvalue weighted by molar-refractivity contribution is 5.78. The van der Waals surface area contributed by atoms with Gasteiger partial charge in [0.2, 0.25) is 5.91 Å². The van der Waals surface area contributed by atoms with Crippen LogP contribution in [0.3, 0.4) is 0 Å². The van der Waals surface area contributed by atoms with Gasteiger partial charge in [0.1, 0.15) is 0 Å². The van der Waals surface area contributed by atoms with Crippen LogP contribution in [-0.4, -0.2) is 30.4 Å². The van der Waals surface area contributed by atoms with E-state index in [1.54, 1.807) is 0 Å². The van der Waals surface area contributed by atoms with Gasteiger partial charge in [-0.2, -0.15) is 0 Å². The zero-order valence-electron chi connectivity index (χ0n) is 11.7. The van der Waals surface area contributed by atoms with E-state index in [1.807, 2.05) is 30.1 Å². The van der Waals surface area contributed by atoms with Gasteiger partial charge in [0, 0.05) is 25.6 Å². The Morgan fingerprint density at radius 2 is 2.05 bits per heavy atom. The monoisotopic (exact) mass is 260 g/mol. The molecule has 0 saturated heterocycles. The molecule has 2 unspecified atom stereocenters. The minimum atomic E-state index is 0.143. The van der Waals surface area contributed by atoms with E-state index in [-0.39, 0.29) is 17.9 Å². The van der Waals surface area contributed by atoms with Gasteiger partial charge in [-0.05, 0) is 31.2 Å². The summed E-state index contributed by atoms with van der Waals surface area (Å²) in [4.78, 5) is 14.2. The molecule has 1 fully saturated rings. The van der Waals surface area contributed by atoms with Gasteiger partial charge >= 0.3 is 0 Å². The molecule has 0 radical (unpaired) electrons. The number of rotatable bonds is 4. The molecule has 1 aromatic rings. The molecule has 19 heavy (non-hydrogen) atoms. The molecule has 1 amide bonds. The van der Waals surface area contributed by atoms with Gasteiger partial charge in [-0.1, -0.05) is 36.8 Å². The highest BCUT2D eigenvalue weighted by Gasteiger charge is 2.27. The van der Waals surface area contributed by atoms with Crippen molar-refractivity contribution >= 4 is 5.91 Å². The van der Waals surface area contributed by atoms with Gasteiger partial charge in [-0.25, -0.2) is 0 Å². The zero-order chi connectivity index (χ0) is 13.7. The second-order valence-corrected chi connectivity index (χ2v) is 5.62. The molecule has 2 atom stereocenters. The van der Waals surface area contributed by atoms with Crippen LogP contribution in [0.1, 0.15) is 31.2 Å². The smallest absolute Gasteiger partial charge is 0.225 e. The van der Waals surface area contributed by atoms with Gasteiger partial charge in [-0.15, -0.1) is 0 Å². The van der Waals surface area contributed by atoms with Crippen molar-refractivity contribution in [2.45, 2.75) is 38.1 Å². The van der Waals surface area contributed by atoms with Crippen LogP contribution in [-0.2, 0) is 11.2 Å². The molecule has 104 valence electrons. The maximum Gasteiger partial charge on any atom is 0.225 e. The molecule has 0 bridgehead atoms. The summed E-state index contributed by atoms with van der Waals surface area (Å²) in [7, 11) is 1.91. The summed E-state index contributed by atoms with van der Waals surface area (Å²) in [6, 6.07) is 10.5. The van der Waals surface area contributed by atoms with Gasteiger partial charge in [0.05, 0.1) is 0 Å². The van der Waals surface area contributed by atoms with Crippen molar-refractivity contribution in [3.8, 4) is 0 Å². The fourth-order valence-corrected chi connectivity index (χ4v) is 2.82. The van der Waals surface area contributed by atoms with Gasteiger partial charge in [0.25, 0.3) is 0 Å². The Morgan fingerprint density at radius 1 is 1.32 bits per heavy atom. The van der Waals surface area contributed by atoms with Crippen molar-refractivity contribution in [3.05, 3.63) is 35.9 Å². The van der Waals surface area contributed by atoms with Gasteiger partial charge in [-0.3, -0.25) is 4.79 Å². The Kier molecular flexibility index (Phi) is 4.97. The first-order chi connectivity index (χ1) is 9.16. The molecule has 1 saturated carbocycles. The van der Waals surface area contributed by atoms with Crippen LogP contribution >= 0.6 is 0 Å². The van der Waals surface area contributed by atoms with E-state index in [0.29, 0.717) is 0 Å². The lowest BCUT2D eigenvalue weighted by Gasteiger charge is -2.29. The molecule has 2 N–H and O–H groups in total. The lowest BCUT2D eigenvalue weighted by molar-refractivity contribution is -0.135. The maximum absolute atomic E-state index is 12.3. The Morgan fingerprint density at radius 3 is 2.74 bits per heavy atom. The van der Waals surface area contributed by atoms with Crippen LogP contribution in [0.2, 0.25) is 0 Å². The fraction of sp³-hybridized carbons (Fsp3) is 0.562. The topological polar surface area (TPSA) is 46.3 Å². The van der Waals surface area contributed by atoms with Crippen molar-refractivity contribution in [2.24, 2.45) is 11.7 Å². The predicted molar refractivity (Wildman–Crippen MR) is 77.7 cm³/mol. The molecule has 0 aromatic heterocycles. The highest BCUT2D eigenvalue weighted by atomic mass is 16.2. The molecule has 1 aliphatic carbocycles. The summed E-state index contributed by atoms with van der Waals surface area (Å²) < 4.78 is 0. The van der Waals surface area contributed by atoms with E-state index in [4.69, 9.17) is 5.73 Å². The minimum absolute atomic E-state index is 0.143. The van der Waals surface area contributed by atoms with E-state index in [1.165, 1.54) is 5.56 Å². The third-order valence-corrected chi connectivity index (χ3v) is 4.02. The summed E-state index contributed by atoms with van der Waals surface area (Å²) >= 11 is 0. The zero-order valence-corrected chi connectivity index (χ0v) is 11.7. The largest absolute Gasteiger partial charge is 0.345 e. The van der Waals surface area contributed by atoms with Crippen LogP contribution in [0.15, 0.2) is 30.3 Å². The number of nitrogens with zero attached hydrogens (tertiary/aromatic N) is 1. The van der Waals surface area contributed by atoms with Crippen LogP contribution in [0.4, 0.5) is 0 Å². The molecule has 1 aliphatic rings. The summed E-state index contributed by atoms with van der Waals surface area (Å²) in [5.41, 5.74) is 7.24. The molecular formula is C16H24N2O. The first-order valence-electron chi connectivity index (χ1n) is 7.21. The van der Waals surface area contributed by atoms with Gasteiger partial charge in [0.15, 0.2) is 0 Å². The normalized spacial score (nSPS) is 23.1. The van der Waals surface area contributed by atoms with E-state index in [0.717, 1.165) is 38.6 Å². The van der Waals surface area contributed by atoms with Crippen molar-refractivity contribution in [1.82, 2.24) is 4.90 Å². The summed E-state index contributed by atoms with van der Waals surface area (Å²) in [5.74, 6) is 0.413. The number of likely N-dealkylation sites (N-methyl/N-ethyl adjacent to an activating group) is 1. The molecule has 0 heterocycles. The summed E-state index contributed by atoms with van der Waals surface area (Å²) in [6.07, 6.45) is 4.93. The number of hydrogen-bond acceptors (Lipinski definition) is 2. The molecule has 0 spiro atoms. The van der Waals surface area contributed by atoms with Crippen LogP contribution in [0.5, 0.6) is 0 Å². The van der Waals surface area contributed by atoms with Crippen LogP contribution < -0.4 is 5.73 Å². The third-order valence-electron chi connectivity index (χ3n) is 4.02. The van der Waals surface area contributed by atoms with E-state index >= 15 is 0 Å². The summed E-state index contributed by atoms with van der Waals surface area (Å²) in [6.45, 7) is 0.786. The lowest BCUT2D eigenvalue weighted by Crippen LogP contribution is -2.39. The van der Waals surface area contributed by atoms with Crippen molar-refractivity contribution in [1.29, 1.82) is 0 Å². The first-order valence-corrected chi connectivity index (χ1v) is 7.21. The second-order valence-electron chi connectivity index (χ2n) is 5.62. The SMILES string of the molecule is CN(CCc1ccccc1)C(=O)C1CCCC(N)C1. The fourth-order valence-electron chi connectivity index (χ4n) is 2.82. The van der Waals surface area contributed by atoms with Crippen molar-refractivity contribution in [2.75, 3.05) is 13.6 Å². The minimum Gasteiger partial charge on any atom is -0.345 e. The van der Waals surface area contributed by atoms with Crippen molar-refractivity contribution in [3.63, 3.8) is 0 Å².